The van der Waals surface area contributed by atoms with Crippen molar-refractivity contribution in [3.63, 3.8) is 0 Å². The van der Waals surface area contributed by atoms with E-state index in [1.54, 1.807) is 0 Å². The highest BCUT2D eigenvalue weighted by molar-refractivity contribution is 6.25. The molecule has 2 rings (SSSR count). The summed E-state index contributed by atoms with van der Waals surface area (Å²) in [6.45, 7) is 13.9. The van der Waals surface area contributed by atoms with Crippen LogP contribution in [0, 0.1) is 10.8 Å². The van der Waals surface area contributed by atoms with Crippen molar-refractivity contribution < 1.29 is 19.8 Å². The Kier molecular flexibility index (Phi) is 12.4. The lowest BCUT2D eigenvalue weighted by Gasteiger charge is -2.32. The average molecular weight is 529 g/mol. The van der Waals surface area contributed by atoms with Gasteiger partial charge >= 0.3 is 0 Å². The number of Topliss-reactive ketones (excluding diaryl/α,β-unsaturated/α-hetero) is 2. The van der Waals surface area contributed by atoms with Gasteiger partial charge < -0.3 is 10.2 Å². The third-order valence-corrected chi connectivity index (χ3v) is 7.51. The van der Waals surface area contributed by atoms with Crippen LogP contribution in [0.15, 0.2) is 32.6 Å². The zero-order valence-electron chi connectivity index (χ0n) is 24.9. The van der Waals surface area contributed by atoms with E-state index < -0.39 is 0 Å². The van der Waals surface area contributed by atoms with Crippen molar-refractivity contribution in [3.8, 4) is 0 Å². The van der Waals surface area contributed by atoms with Crippen LogP contribution < -0.4 is 0 Å². The Balaban J connectivity index is 2.26. The van der Waals surface area contributed by atoms with Crippen LogP contribution in [0.25, 0.3) is 0 Å². The maximum absolute atomic E-state index is 13.1. The molecule has 2 saturated carbocycles. The molecule has 0 heterocycles. The minimum absolute atomic E-state index is 0.0356. The van der Waals surface area contributed by atoms with E-state index in [1.807, 2.05) is 0 Å². The quantitative estimate of drug-likeness (QED) is 0.143. The summed E-state index contributed by atoms with van der Waals surface area (Å²) < 4.78 is 0. The van der Waals surface area contributed by atoms with Crippen molar-refractivity contribution >= 4 is 23.0 Å². The second-order valence-electron chi connectivity index (χ2n) is 12.8. The number of ketones is 2. The number of nitrogens with zero attached hydrogens (tertiary/aromatic N) is 2. The molecular weight excluding hydrogens is 476 g/mol. The molecule has 0 saturated heterocycles. The summed E-state index contributed by atoms with van der Waals surface area (Å²) in [7, 11) is 0. The zero-order valence-corrected chi connectivity index (χ0v) is 24.9. The molecular formula is C32H52N2O4. The lowest BCUT2D eigenvalue weighted by Crippen LogP contribution is -2.33. The number of aliphatic hydroxyl groups is 2. The highest BCUT2D eigenvalue weighted by atomic mass is 16.3. The monoisotopic (exact) mass is 528 g/mol. The Morgan fingerprint density at radius 2 is 1.00 bits per heavy atom. The SMILES string of the molecule is CCCCCCN=C1CC(C)(C)CC(=O)C1=C(O)CCC(O)=C1C(=O)CC(C)(C)CC1=NCCCCCC. The summed E-state index contributed by atoms with van der Waals surface area (Å²) in [5.41, 5.74) is 1.60. The number of carbonyl (C=O) groups excluding carboxylic acids is 2. The van der Waals surface area contributed by atoms with Crippen molar-refractivity contribution in [2.24, 2.45) is 20.8 Å². The van der Waals surface area contributed by atoms with E-state index in [-0.39, 0.29) is 46.8 Å². The van der Waals surface area contributed by atoms with Crippen molar-refractivity contribution in [1.82, 2.24) is 0 Å². The Morgan fingerprint density at radius 1 is 0.632 bits per heavy atom. The van der Waals surface area contributed by atoms with Crippen molar-refractivity contribution in [1.29, 1.82) is 0 Å². The van der Waals surface area contributed by atoms with E-state index in [9.17, 15) is 19.8 Å². The van der Waals surface area contributed by atoms with E-state index in [0.717, 1.165) is 51.4 Å². The van der Waals surface area contributed by atoms with Crippen LogP contribution in [-0.4, -0.2) is 46.3 Å². The molecule has 38 heavy (non-hydrogen) atoms. The summed E-state index contributed by atoms with van der Waals surface area (Å²) in [6.07, 6.45) is 10.9. The Hall–Kier alpha value is -2.24. The van der Waals surface area contributed by atoms with Crippen LogP contribution in [0.3, 0.4) is 0 Å². The molecule has 2 N–H and O–H groups in total. The van der Waals surface area contributed by atoms with Gasteiger partial charge in [0, 0.05) is 50.2 Å². The van der Waals surface area contributed by atoms with Gasteiger partial charge in [0.05, 0.1) is 11.1 Å². The zero-order chi connectivity index (χ0) is 28.3. The number of unbranched alkanes of at least 4 members (excludes halogenated alkanes) is 6. The lowest BCUT2D eigenvalue weighted by molar-refractivity contribution is -0.118. The highest BCUT2D eigenvalue weighted by Gasteiger charge is 2.37. The van der Waals surface area contributed by atoms with E-state index in [0.29, 0.717) is 61.3 Å². The number of hydrogen-bond acceptors (Lipinski definition) is 6. The molecule has 0 bridgehead atoms. The minimum atomic E-state index is -0.197. The van der Waals surface area contributed by atoms with Gasteiger partial charge in [-0.1, -0.05) is 80.1 Å². The standard InChI is InChI=1S/C32H52N2O4/c1-7-9-11-13-17-33-23-19-31(3,4)21-27(37)29(23)25(35)15-16-26(36)30-24(34-18-14-12-10-8-2)20-32(5,6)22-28(30)38/h35-36H,7-22H2,1-6H3. The molecule has 0 aliphatic heterocycles. The first-order chi connectivity index (χ1) is 17.9. The van der Waals surface area contributed by atoms with Gasteiger partial charge in [-0.15, -0.1) is 0 Å². The third-order valence-electron chi connectivity index (χ3n) is 7.51. The first-order valence-electron chi connectivity index (χ1n) is 14.9. The number of rotatable bonds is 13. The highest BCUT2D eigenvalue weighted by Crippen LogP contribution is 2.38. The van der Waals surface area contributed by atoms with Crippen LogP contribution in [0.4, 0.5) is 0 Å². The Morgan fingerprint density at radius 3 is 1.34 bits per heavy atom. The van der Waals surface area contributed by atoms with Gasteiger partial charge in [-0.25, -0.2) is 0 Å². The molecule has 2 fully saturated rings. The van der Waals surface area contributed by atoms with Crippen molar-refractivity contribution in [2.75, 3.05) is 13.1 Å². The Bertz CT molecular complexity index is 888. The maximum Gasteiger partial charge on any atom is 0.168 e. The summed E-state index contributed by atoms with van der Waals surface area (Å²) in [5, 5.41) is 22.1. The largest absolute Gasteiger partial charge is 0.511 e. The lowest BCUT2D eigenvalue weighted by atomic mass is 9.72. The molecule has 0 spiro atoms. The summed E-state index contributed by atoms with van der Waals surface area (Å²) >= 11 is 0. The molecule has 2 aliphatic rings. The topological polar surface area (TPSA) is 99.3 Å². The predicted octanol–water partition coefficient (Wildman–Crippen LogP) is 8.21. The number of hydrogen-bond donors (Lipinski definition) is 2. The molecule has 0 aromatic rings. The van der Waals surface area contributed by atoms with Gasteiger partial charge in [0.2, 0.25) is 0 Å². The molecule has 0 atom stereocenters. The molecule has 6 nitrogen and oxygen atoms in total. The number of aliphatic hydroxyl groups excluding tert-OH is 2. The van der Waals surface area contributed by atoms with E-state index in [2.05, 4.69) is 41.5 Å². The molecule has 0 aromatic carbocycles. The molecule has 0 radical (unpaired) electrons. The van der Waals surface area contributed by atoms with Crippen LogP contribution in [0.2, 0.25) is 0 Å². The van der Waals surface area contributed by atoms with E-state index >= 15 is 0 Å². The number of allylic oxidation sites excluding steroid dienone is 4. The van der Waals surface area contributed by atoms with E-state index in [4.69, 9.17) is 9.98 Å². The van der Waals surface area contributed by atoms with Gasteiger partial charge in [0.15, 0.2) is 11.6 Å². The normalized spacial score (nSPS) is 24.3. The van der Waals surface area contributed by atoms with Crippen LogP contribution in [0.1, 0.15) is 131 Å². The molecule has 0 unspecified atom stereocenters. The van der Waals surface area contributed by atoms with Gasteiger partial charge in [0.25, 0.3) is 0 Å². The molecule has 6 heteroatoms. The molecule has 2 aliphatic carbocycles. The van der Waals surface area contributed by atoms with Crippen LogP contribution in [0.5, 0.6) is 0 Å². The second kappa shape index (κ2) is 14.8. The molecule has 214 valence electrons. The second-order valence-corrected chi connectivity index (χ2v) is 12.8. The smallest absolute Gasteiger partial charge is 0.168 e. The van der Waals surface area contributed by atoms with Gasteiger partial charge in [-0.05, 0) is 36.5 Å². The summed E-state index contributed by atoms with van der Waals surface area (Å²) in [4.78, 5) is 35.6. The minimum Gasteiger partial charge on any atom is -0.511 e. The van der Waals surface area contributed by atoms with Gasteiger partial charge in [0.1, 0.15) is 11.5 Å². The summed E-state index contributed by atoms with van der Waals surface area (Å²) in [5.74, 6) is -0.260. The first kappa shape index (κ1) is 32.0. The number of aliphatic imine (C=N–C) groups is 2. The van der Waals surface area contributed by atoms with Crippen molar-refractivity contribution in [3.05, 3.63) is 22.7 Å². The first-order valence-corrected chi connectivity index (χ1v) is 14.9. The van der Waals surface area contributed by atoms with Crippen molar-refractivity contribution in [2.45, 2.75) is 131 Å². The fourth-order valence-electron chi connectivity index (χ4n) is 5.49. The predicted molar refractivity (Wildman–Crippen MR) is 157 cm³/mol. The fourth-order valence-corrected chi connectivity index (χ4v) is 5.49. The maximum atomic E-state index is 13.1. The van der Waals surface area contributed by atoms with Crippen LogP contribution in [-0.2, 0) is 9.59 Å². The van der Waals surface area contributed by atoms with E-state index in [1.165, 1.54) is 0 Å². The summed E-state index contributed by atoms with van der Waals surface area (Å²) in [6, 6.07) is 0. The number of carbonyl (C=O) groups is 2. The average Bonchev–Trinajstić information content (AvgIpc) is 2.80. The van der Waals surface area contributed by atoms with Crippen LogP contribution >= 0.6 is 0 Å². The van der Waals surface area contributed by atoms with Gasteiger partial charge in [-0.2, -0.15) is 0 Å². The Labute approximate surface area is 230 Å². The fraction of sp³-hybridized carbons (Fsp3) is 0.750. The molecule has 0 amide bonds. The molecule has 0 aromatic heterocycles. The third kappa shape index (κ3) is 9.81. The van der Waals surface area contributed by atoms with Gasteiger partial charge in [-0.3, -0.25) is 19.6 Å².